The highest BCUT2D eigenvalue weighted by atomic mass is 32.2. The number of nitrogens with one attached hydrogen (secondary N) is 1. The molecule has 1 N–H and O–H groups in total. The molecule has 0 fully saturated rings. The van der Waals surface area contributed by atoms with Crippen LogP contribution >= 0.6 is 34.4 Å². The highest BCUT2D eigenvalue weighted by Crippen LogP contribution is 2.40. The number of aryl methyl sites for hydroxylation is 3. The second-order valence-corrected chi connectivity index (χ2v) is 11.5. The van der Waals surface area contributed by atoms with Gasteiger partial charge in [-0.15, -0.1) is 22.7 Å². The van der Waals surface area contributed by atoms with Gasteiger partial charge in [-0.05, 0) is 69.4 Å². The van der Waals surface area contributed by atoms with Gasteiger partial charge in [0.15, 0.2) is 0 Å². The minimum Gasteiger partial charge on any atom is -0.462 e. The maximum Gasteiger partial charge on any atom is 0.341 e. The summed E-state index contributed by atoms with van der Waals surface area (Å²) in [4.78, 5) is 38.3. The highest BCUT2D eigenvalue weighted by Gasteiger charge is 2.27. The quantitative estimate of drug-likeness (QED) is 0.199. The van der Waals surface area contributed by atoms with E-state index < -0.39 is 0 Å². The summed E-state index contributed by atoms with van der Waals surface area (Å²) >= 11 is 4.75. The van der Waals surface area contributed by atoms with E-state index in [-0.39, 0.29) is 17.6 Å². The molecule has 0 radical (unpaired) electrons. The van der Waals surface area contributed by atoms with Crippen molar-refractivity contribution in [1.82, 2.24) is 9.97 Å². The van der Waals surface area contributed by atoms with Crippen LogP contribution in [0, 0.1) is 0 Å². The van der Waals surface area contributed by atoms with Gasteiger partial charge in [-0.2, -0.15) is 0 Å². The van der Waals surface area contributed by atoms with Gasteiger partial charge in [-0.3, -0.25) is 4.79 Å². The molecule has 3 aromatic heterocycles. The number of aromatic nitrogens is 2. The molecule has 6 nitrogen and oxygen atoms in total. The molecule has 0 saturated heterocycles. The molecule has 0 atom stereocenters. The molecule has 3 aromatic rings. The number of thioether (sulfide) groups is 1. The van der Waals surface area contributed by atoms with Gasteiger partial charge in [-0.1, -0.05) is 18.2 Å². The number of rotatable bonds is 6. The highest BCUT2D eigenvalue weighted by molar-refractivity contribution is 8.00. The number of fused-ring (bicyclic) bond motifs is 4. The topological polar surface area (TPSA) is 81.2 Å². The second-order valence-electron chi connectivity index (χ2n) is 8.40. The number of amides is 1. The zero-order chi connectivity index (χ0) is 22.8. The van der Waals surface area contributed by atoms with Crippen molar-refractivity contribution in [2.45, 2.75) is 69.7 Å². The number of carbonyl (C=O) groups excluding carboxylic acids is 2. The molecule has 9 heteroatoms. The first kappa shape index (κ1) is 22.8. The third-order valence-electron chi connectivity index (χ3n) is 6.21. The molecule has 0 saturated carbocycles. The van der Waals surface area contributed by atoms with Crippen molar-refractivity contribution < 1.29 is 14.3 Å². The molecule has 0 spiro atoms. The van der Waals surface area contributed by atoms with E-state index in [1.807, 2.05) is 0 Å². The first-order valence-electron chi connectivity index (χ1n) is 11.6. The van der Waals surface area contributed by atoms with E-state index >= 15 is 0 Å². The summed E-state index contributed by atoms with van der Waals surface area (Å²) in [6.45, 7) is 2.13. The van der Waals surface area contributed by atoms with Crippen molar-refractivity contribution in [1.29, 1.82) is 0 Å². The summed E-state index contributed by atoms with van der Waals surface area (Å²) in [5.74, 6) is -0.225. The van der Waals surface area contributed by atoms with Gasteiger partial charge >= 0.3 is 5.97 Å². The number of nitrogens with zero attached hydrogens (tertiary/aromatic N) is 2. The van der Waals surface area contributed by atoms with E-state index in [2.05, 4.69) is 15.3 Å². The van der Waals surface area contributed by atoms with Crippen molar-refractivity contribution in [2.24, 2.45) is 0 Å². The SMILES string of the molecule is CCOC(=O)c1c(NC(=O)CSc2ncnc3sc4c(c23)CCCCC4)sc2c1CCCC2. The van der Waals surface area contributed by atoms with Gasteiger partial charge in [0.1, 0.15) is 21.2 Å². The predicted molar refractivity (Wildman–Crippen MR) is 135 cm³/mol. The minimum atomic E-state index is -0.335. The van der Waals surface area contributed by atoms with Crippen LogP contribution in [0.2, 0.25) is 0 Å². The standard InChI is InChI=1S/C24H27N3O3S3/c1-2-30-24(29)20-15-9-6-7-11-17(15)33-23(20)27-18(28)12-31-21-19-14-8-4-3-5-10-16(14)32-22(19)26-13-25-21/h13H,2-12H2,1H3,(H,27,28). The summed E-state index contributed by atoms with van der Waals surface area (Å²) in [6.07, 6.45) is 11.5. The van der Waals surface area contributed by atoms with Crippen LogP contribution in [-0.2, 0) is 35.2 Å². The molecular weight excluding hydrogens is 474 g/mol. The Kier molecular flexibility index (Phi) is 6.99. The van der Waals surface area contributed by atoms with Crippen molar-refractivity contribution in [3.8, 4) is 0 Å². The van der Waals surface area contributed by atoms with Gasteiger partial charge in [0, 0.05) is 15.1 Å². The number of esters is 1. The van der Waals surface area contributed by atoms with Crippen LogP contribution in [0.3, 0.4) is 0 Å². The van der Waals surface area contributed by atoms with Gasteiger partial charge in [0.05, 0.1) is 17.9 Å². The predicted octanol–water partition coefficient (Wildman–Crippen LogP) is 5.81. The fourth-order valence-electron chi connectivity index (χ4n) is 4.72. The molecule has 0 aromatic carbocycles. The minimum absolute atomic E-state index is 0.128. The van der Waals surface area contributed by atoms with Gasteiger partial charge in [0.25, 0.3) is 0 Å². The Morgan fingerprint density at radius 3 is 2.58 bits per heavy atom. The first-order chi connectivity index (χ1) is 16.2. The third-order valence-corrected chi connectivity index (χ3v) is 9.61. The normalized spacial score (nSPS) is 15.5. The second kappa shape index (κ2) is 10.1. The van der Waals surface area contributed by atoms with E-state index in [4.69, 9.17) is 4.74 Å². The van der Waals surface area contributed by atoms with Crippen LogP contribution in [0.15, 0.2) is 11.4 Å². The smallest absolute Gasteiger partial charge is 0.341 e. The van der Waals surface area contributed by atoms with Crippen molar-refractivity contribution in [2.75, 3.05) is 17.7 Å². The maximum absolute atomic E-state index is 12.9. The van der Waals surface area contributed by atoms with Crippen LogP contribution < -0.4 is 5.32 Å². The Hall–Kier alpha value is -1.97. The molecule has 0 aliphatic heterocycles. The Labute approximate surface area is 205 Å². The van der Waals surface area contributed by atoms with E-state index in [1.165, 1.54) is 57.7 Å². The average molecular weight is 502 g/mol. The lowest BCUT2D eigenvalue weighted by Gasteiger charge is -2.12. The molecular formula is C24H27N3O3S3. The Morgan fingerprint density at radius 1 is 1.00 bits per heavy atom. The molecule has 5 rings (SSSR count). The fourth-order valence-corrected chi connectivity index (χ4v) is 8.13. The summed E-state index contributed by atoms with van der Waals surface area (Å²) in [6, 6.07) is 0. The molecule has 1 amide bonds. The zero-order valence-corrected chi connectivity index (χ0v) is 21.1. The van der Waals surface area contributed by atoms with E-state index in [0.717, 1.165) is 59.3 Å². The summed E-state index contributed by atoms with van der Waals surface area (Å²) in [5.41, 5.74) is 3.00. The number of hydrogen-bond donors (Lipinski definition) is 1. The number of carbonyl (C=O) groups is 2. The molecule has 2 aliphatic carbocycles. The largest absolute Gasteiger partial charge is 0.462 e. The van der Waals surface area contributed by atoms with Crippen molar-refractivity contribution in [3.63, 3.8) is 0 Å². The summed E-state index contributed by atoms with van der Waals surface area (Å²) < 4.78 is 5.30. The molecule has 0 unspecified atom stereocenters. The van der Waals surface area contributed by atoms with E-state index in [1.54, 1.807) is 24.6 Å². The molecule has 3 heterocycles. The zero-order valence-electron chi connectivity index (χ0n) is 18.7. The van der Waals surface area contributed by atoms with Crippen LogP contribution in [0.1, 0.15) is 70.3 Å². The van der Waals surface area contributed by atoms with Crippen molar-refractivity contribution in [3.05, 3.63) is 32.8 Å². The molecule has 0 bridgehead atoms. The molecule has 174 valence electrons. The van der Waals surface area contributed by atoms with E-state index in [0.29, 0.717) is 17.2 Å². The number of hydrogen-bond acceptors (Lipinski definition) is 8. The monoisotopic (exact) mass is 501 g/mol. The Bertz CT molecular complexity index is 1200. The number of thiophene rings is 2. The first-order valence-corrected chi connectivity index (χ1v) is 14.3. The average Bonchev–Trinajstić information content (AvgIpc) is 3.26. The number of anilines is 1. The summed E-state index contributed by atoms with van der Waals surface area (Å²) in [7, 11) is 0. The van der Waals surface area contributed by atoms with Crippen LogP contribution in [0.4, 0.5) is 5.00 Å². The lowest BCUT2D eigenvalue weighted by molar-refractivity contribution is -0.113. The summed E-state index contributed by atoms with van der Waals surface area (Å²) in [5, 5.41) is 5.65. The lowest BCUT2D eigenvalue weighted by atomic mass is 9.95. The van der Waals surface area contributed by atoms with E-state index in [9.17, 15) is 9.59 Å². The Morgan fingerprint density at radius 2 is 1.73 bits per heavy atom. The van der Waals surface area contributed by atoms with Crippen molar-refractivity contribution >= 4 is 61.5 Å². The van der Waals surface area contributed by atoms with Crippen LogP contribution in [-0.4, -0.2) is 34.2 Å². The maximum atomic E-state index is 12.9. The van der Waals surface area contributed by atoms with Gasteiger partial charge in [-0.25, -0.2) is 14.8 Å². The van der Waals surface area contributed by atoms with Gasteiger partial charge < -0.3 is 10.1 Å². The Balaban J connectivity index is 1.35. The molecule has 33 heavy (non-hydrogen) atoms. The van der Waals surface area contributed by atoms with Crippen LogP contribution in [0.25, 0.3) is 10.2 Å². The third kappa shape index (κ3) is 4.68. The van der Waals surface area contributed by atoms with Crippen LogP contribution in [0.5, 0.6) is 0 Å². The fraction of sp³-hybridized carbons (Fsp3) is 0.500. The molecule has 2 aliphatic rings. The van der Waals surface area contributed by atoms with Gasteiger partial charge in [0.2, 0.25) is 5.91 Å². The number of ether oxygens (including phenoxy) is 1. The lowest BCUT2D eigenvalue weighted by Crippen LogP contribution is -2.17.